The van der Waals surface area contributed by atoms with E-state index in [1.165, 1.54) is 0 Å². The third-order valence-electron chi connectivity index (χ3n) is 3.88. The summed E-state index contributed by atoms with van der Waals surface area (Å²) in [5, 5.41) is -0.579. The maximum atomic E-state index is 12.2. The lowest BCUT2D eigenvalue weighted by atomic mass is 9.84. The van der Waals surface area contributed by atoms with Gasteiger partial charge in [0.2, 0.25) is 5.24 Å². The highest BCUT2D eigenvalue weighted by Crippen LogP contribution is 2.64. The molecule has 0 radical (unpaired) electrons. The van der Waals surface area contributed by atoms with Gasteiger partial charge >= 0.3 is 0 Å². The van der Waals surface area contributed by atoms with Gasteiger partial charge < -0.3 is 0 Å². The molecular formula is C13H17ClO2. The van der Waals surface area contributed by atoms with Crippen molar-refractivity contribution in [2.45, 2.75) is 40.0 Å². The van der Waals surface area contributed by atoms with Crippen molar-refractivity contribution in [3.8, 4) is 12.3 Å². The Labute approximate surface area is 102 Å². The Morgan fingerprint density at radius 3 is 2.25 bits per heavy atom. The molecule has 1 aliphatic carbocycles. The van der Waals surface area contributed by atoms with Crippen LogP contribution in [0.1, 0.15) is 40.0 Å². The fraction of sp³-hybridized carbons (Fsp3) is 0.692. The van der Waals surface area contributed by atoms with Crippen molar-refractivity contribution >= 4 is 22.6 Å². The van der Waals surface area contributed by atoms with E-state index in [-0.39, 0.29) is 11.2 Å². The minimum absolute atomic E-state index is 0.0230. The van der Waals surface area contributed by atoms with Crippen molar-refractivity contribution in [2.24, 2.45) is 16.7 Å². The quantitative estimate of drug-likeness (QED) is 0.421. The third-order valence-corrected chi connectivity index (χ3v) is 4.14. The van der Waals surface area contributed by atoms with Crippen LogP contribution in [-0.2, 0) is 9.59 Å². The first-order chi connectivity index (χ1) is 7.26. The summed E-state index contributed by atoms with van der Waals surface area (Å²) in [4.78, 5) is 23.5. The van der Waals surface area contributed by atoms with Crippen LogP contribution >= 0.6 is 11.6 Å². The molecule has 0 heterocycles. The molecule has 1 fully saturated rings. The van der Waals surface area contributed by atoms with Crippen molar-refractivity contribution in [2.75, 3.05) is 0 Å². The maximum Gasteiger partial charge on any atom is 0.232 e. The van der Waals surface area contributed by atoms with Crippen LogP contribution in [0.25, 0.3) is 0 Å². The molecular weight excluding hydrogens is 224 g/mol. The van der Waals surface area contributed by atoms with Crippen LogP contribution < -0.4 is 0 Å². The molecule has 0 aliphatic heterocycles. The van der Waals surface area contributed by atoms with Crippen LogP contribution in [0, 0.1) is 29.1 Å². The number of carbonyl (C=O) groups is 2. The first-order valence-electron chi connectivity index (χ1n) is 5.43. The van der Waals surface area contributed by atoms with E-state index in [2.05, 4.69) is 5.92 Å². The lowest BCUT2D eigenvalue weighted by molar-refractivity contribution is -0.133. The molecule has 1 unspecified atom stereocenters. The molecule has 3 heteroatoms. The first-order valence-corrected chi connectivity index (χ1v) is 5.81. The Morgan fingerprint density at radius 1 is 1.44 bits per heavy atom. The van der Waals surface area contributed by atoms with Crippen molar-refractivity contribution in [1.29, 1.82) is 0 Å². The van der Waals surface area contributed by atoms with Crippen LogP contribution in [0.4, 0.5) is 0 Å². The molecule has 1 rings (SSSR count). The molecule has 16 heavy (non-hydrogen) atoms. The number of hydrogen-bond donors (Lipinski definition) is 0. The molecule has 0 bridgehead atoms. The number of Topliss-reactive ketones (excluding diaryl/α,β-unsaturated/α-hetero) is 1. The second-order valence-electron chi connectivity index (χ2n) is 5.36. The summed E-state index contributed by atoms with van der Waals surface area (Å²) >= 11 is 5.47. The lowest BCUT2D eigenvalue weighted by Gasteiger charge is -2.18. The molecule has 88 valence electrons. The minimum atomic E-state index is -0.732. The van der Waals surface area contributed by atoms with E-state index < -0.39 is 16.6 Å². The molecule has 2 atom stereocenters. The summed E-state index contributed by atoms with van der Waals surface area (Å²) < 4.78 is 0. The largest absolute Gasteiger partial charge is 0.298 e. The molecule has 1 saturated carbocycles. The average Bonchev–Trinajstić information content (AvgIpc) is 2.67. The van der Waals surface area contributed by atoms with Gasteiger partial charge in [0.15, 0.2) is 5.78 Å². The number of ketones is 1. The Morgan fingerprint density at radius 2 is 1.94 bits per heavy atom. The highest BCUT2D eigenvalue weighted by atomic mass is 35.5. The number of halogens is 1. The third kappa shape index (κ3) is 2.15. The van der Waals surface area contributed by atoms with Crippen LogP contribution in [0.2, 0.25) is 0 Å². The van der Waals surface area contributed by atoms with Gasteiger partial charge in [0.05, 0.1) is 5.92 Å². The summed E-state index contributed by atoms with van der Waals surface area (Å²) in [6.45, 7) is 5.96. The predicted molar refractivity (Wildman–Crippen MR) is 63.9 cm³/mol. The Balaban J connectivity index is 2.78. The van der Waals surface area contributed by atoms with E-state index in [0.29, 0.717) is 12.8 Å². The summed E-state index contributed by atoms with van der Waals surface area (Å²) in [5.74, 6) is 1.66. The summed E-state index contributed by atoms with van der Waals surface area (Å²) in [6.07, 6.45) is 6.73. The van der Waals surface area contributed by atoms with Crippen molar-refractivity contribution in [1.82, 2.24) is 0 Å². The van der Waals surface area contributed by atoms with Gasteiger partial charge in [0.25, 0.3) is 0 Å². The van der Waals surface area contributed by atoms with E-state index in [0.717, 1.165) is 6.42 Å². The molecule has 0 spiro atoms. The molecule has 0 aromatic rings. The molecule has 0 amide bonds. The predicted octanol–water partition coefficient (Wildman–Crippen LogP) is 2.79. The minimum Gasteiger partial charge on any atom is -0.298 e. The summed E-state index contributed by atoms with van der Waals surface area (Å²) in [6, 6.07) is 0. The van der Waals surface area contributed by atoms with Gasteiger partial charge in [-0.05, 0) is 29.9 Å². The van der Waals surface area contributed by atoms with Crippen LogP contribution in [0.3, 0.4) is 0 Å². The molecule has 0 aromatic carbocycles. The number of terminal acetylenes is 1. The SMILES string of the molecule is C#CCCC(C(=O)Cl)C(=O)[C@]1(C)CC1(C)C. The zero-order chi connectivity index (χ0) is 12.6. The van der Waals surface area contributed by atoms with E-state index in [9.17, 15) is 9.59 Å². The molecule has 0 N–H and O–H groups in total. The van der Waals surface area contributed by atoms with Crippen LogP contribution in [0.15, 0.2) is 0 Å². The van der Waals surface area contributed by atoms with Gasteiger partial charge in [-0.25, -0.2) is 0 Å². The number of carbonyl (C=O) groups excluding carboxylic acids is 2. The fourth-order valence-corrected chi connectivity index (χ4v) is 2.43. The second kappa shape index (κ2) is 4.22. The molecule has 2 nitrogen and oxygen atoms in total. The molecule has 1 aliphatic rings. The van der Waals surface area contributed by atoms with Gasteiger partial charge in [0.1, 0.15) is 0 Å². The Kier molecular flexibility index (Phi) is 3.50. The van der Waals surface area contributed by atoms with E-state index in [4.69, 9.17) is 18.0 Å². The van der Waals surface area contributed by atoms with Crippen molar-refractivity contribution < 1.29 is 9.59 Å². The van der Waals surface area contributed by atoms with Crippen molar-refractivity contribution in [3.63, 3.8) is 0 Å². The van der Waals surface area contributed by atoms with Crippen LogP contribution in [-0.4, -0.2) is 11.0 Å². The Hall–Kier alpha value is -0.810. The monoisotopic (exact) mass is 240 g/mol. The highest BCUT2D eigenvalue weighted by molar-refractivity contribution is 6.65. The topological polar surface area (TPSA) is 34.1 Å². The van der Waals surface area contributed by atoms with E-state index in [1.807, 2.05) is 20.8 Å². The molecule has 0 saturated heterocycles. The van der Waals surface area contributed by atoms with Gasteiger partial charge in [-0.15, -0.1) is 12.3 Å². The zero-order valence-electron chi connectivity index (χ0n) is 9.97. The van der Waals surface area contributed by atoms with E-state index in [1.54, 1.807) is 0 Å². The fourth-order valence-electron chi connectivity index (χ4n) is 2.22. The highest BCUT2D eigenvalue weighted by Gasteiger charge is 2.63. The summed E-state index contributed by atoms with van der Waals surface area (Å²) in [5.41, 5.74) is -0.429. The number of hydrogen-bond acceptors (Lipinski definition) is 2. The van der Waals surface area contributed by atoms with Gasteiger partial charge in [-0.1, -0.05) is 20.8 Å². The average molecular weight is 241 g/mol. The van der Waals surface area contributed by atoms with E-state index >= 15 is 0 Å². The standard InChI is InChI=1S/C13H17ClO2/c1-5-6-7-9(11(14)16)10(15)13(4)8-12(13,2)3/h1,9H,6-8H2,2-4H3/t9?,13-/m0/s1. The first kappa shape index (κ1) is 13.3. The summed E-state index contributed by atoms with van der Waals surface area (Å²) in [7, 11) is 0. The van der Waals surface area contributed by atoms with Crippen molar-refractivity contribution in [3.05, 3.63) is 0 Å². The normalized spacial score (nSPS) is 27.9. The second-order valence-corrected chi connectivity index (χ2v) is 5.73. The molecule has 0 aromatic heterocycles. The zero-order valence-corrected chi connectivity index (χ0v) is 10.7. The maximum absolute atomic E-state index is 12.2. The van der Waals surface area contributed by atoms with Crippen LogP contribution in [0.5, 0.6) is 0 Å². The van der Waals surface area contributed by atoms with Gasteiger partial charge in [0, 0.05) is 11.8 Å². The lowest BCUT2D eigenvalue weighted by Crippen LogP contribution is -2.30. The number of rotatable bonds is 5. The van der Waals surface area contributed by atoms with Gasteiger partial charge in [-0.2, -0.15) is 0 Å². The Bertz CT molecular complexity index is 365. The van der Waals surface area contributed by atoms with Gasteiger partial charge in [-0.3, -0.25) is 9.59 Å². The smallest absolute Gasteiger partial charge is 0.232 e.